The molecule has 0 bridgehead atoms. The largest absolute Gasteiger partial charge is 0.147 e. The average molecular weight is 551 g/mol. The average Bonchev–Trinajstić information content (AvgIpc) is 3.17. The first-order valence-corrected chi connectivity index (χ1v) is 24.3. The molecule has 4 rings (SSSR count). The number of allylic oxidation sites excluding steroid dienone is 5. The van der Waals surface area contributed by atoms with Gasteiger partial charge < -0.3 is 0 Å². The zero-order valence-corrected chi connectivity index (χ0v) is 25.4. The van der Waals surface area contributed by atoms with Crippen LogP contribution in [-0.4, -0.2) is 6.88 Å². The quantitative estimate of drug-likeness (QED) is 0.341. The van der Waals surface area contributed by atoms with Crippen LogP contribution in [0.4, 0.5) is 0 Å². The van der Waals surface area contributed by atoms with Gasteiger partial charge in [0.25, 0.3) is 0 Å². The molecule has 2 unspecified atom stereocenters. The van der Waals surface area contributed by atoms with E-state index < -0.39 is 17.4 Å². The van der Waals surface area contributed by atoms with Crippen LogP contribution >= 0.6 is 24.8 Å². The minimum Gasteiger partial charge on any atom is -0.147 e. The SMILES string of the molecule is CC1=C(C)C(C)[C]([Zr]([CH3])([CH3])(=[SiH2])[CH]2C=C(c3ccccc3)c3c(C)cccc32)=C1C.Cl.Cl. The van der Waals surface area contributed by atoms with Crippen molar-refractivity contribution >= 4 is 37.3 Å². The molecule has 2 aromatic carbocycles. The topological polar surface area (TPSA) is 0 Å². The Balaban J connectivity index is 0.00000171. The fraction of sp³-hybridized carbons (Fsp3) is 0.333. The summed E-state index contributed by atoms with van der Waals surface area (Å²) >= 11 is -3.32. The molecule has 0 heterocycles. The first kappa shape index (κ1) is 26.6. The summed E-state index contributed by atoms with van der Waals surface area (Å²) in [6.45, 7) is 14.2. The zero-order valence-electron chi connectivity index (χ0n) is 19.9. The fourth-order valence-corrected chi connectivity index (χ4v) is 24.6. The van der Waals surface area contributed by atoms with E-state index in [4.69, 9.17) is 0 Å². The monoisotopic (exact) mass is 548 g/mol. The summed E-state index contributed by atoms with van der Waals surface area (Å²) in [6.07, 6.45) is 2.65. The van der Waals surface area contributed by atoms with Gasteiger partial charge >= 0.3 is 180 Å². The molecule has 0 aliphatic heterocycles. The molecule has 0 fully saturated rings. The molecule has 0 saturated heterocycles. The van der Waals surface area contributed by atoms with Gasteiger partial charge in [-0.1, -0.05) is 0 Å². The van der Waals surface area contributed by atoms with Gasteiger partial charge in [-0.25, -0.2) is 0 Å². The number of benzene rings is 2. The third-order valence-electron chi connectivity index (χ3n) is 7.85. The van der Waals surface area contributed by atoms with Crippen LogP contribution in [0.1, 0.15) is 53.6 Å². The number of fused-ring (bicyclic) bond motifs is 1. The molecule has 0 radical (unpaired) electrons. The predicted molar refractivity (Wildman–Crippen MR) is 142 cm³/mol. The van der Waals surface area contributed by atoms with Crippen molar-refractivity contribution < 1.29 is 17.4 Å². The van der Waals surface area contributed by atoms with E-state index in [1.54, 1.807) is 16.7 Å². The van der Waals surface area contributed by atoms with Crippen molar-refractivity contribution in [2.45, 2.75) is 47.5 Å². The maximum absolute atomic E-state index is 3.32. The number of aryl methyl sites for hydroxylation is 1. The molecule has 31 heavy (non-hydrogen) atoms. The summed E-state index contributed by atoms with van der Waals surface area (Å²) in [6, 6.07) is 18.0. The van der Waals surface area contributed by atoms with E-state index in [9.17, 15) is 0 Å². The van der Waals surface area contributed by atoms with Gasteiger partial charge in [0.05, 0.1) is 0 Å². The molecule has 166 valence electrons. The minimum atomic E-state index is -3.32. The number of halogens is 2. The summed E-state index contributed by atoms with van der Waals surface area (Å²) in [5, 5.41) is 0. The van der Waals surface area contributed by atoms with Crippen LogP contribution in [0.2, 0.25) is 9.26 Å². The normalized spacial score (nSPS) is 20.8. The Morgan fingerprint density at radius 1 is 0.806 bits per heavy atom. The van der Waals surface area contributed by atoms with Gasteiger partial charge in [0, 0.05) is 0 Å². The first-order valence-electron chi connectivity index (χ1n) is 10.9. The van der Waals surface area contributed by atoms with Gasteiger partial charge in [-0.2, -0.15) is 0 Å². The predicted octanol–water partition coefficient (Wildman–Crippen LogP) is 7.92. The summed E-state index contributed by atoms with van der Waals surface area (Å²) in [5.74, 6) is 0.593. The van der Waals surface area contributed by atoms with E-state index in [1.165, 1.54) is 27.8 Å². The second kappa shape index (κ2) is 8.94. The van der Waals surface area contributed by atoms with Gasteiger partial charge in [-0.3, -0.25) is 0 Å². The van der Waals surface area contributed by atoms with E-state index in [2.05, 4.69) is 105 Å². The molecule has 0 spiro atoms. The van der Waals surface area contributed by atoms with Crippen molar-refractivity contribution in [2.24, 2.45) is 5.92 Å². The Kier molecular flexibility index (Phi) is 7.67. The van der Waals surface area contributed by atoms with Crippen molar-refractivity contribution in [1.82, 2.24) is 0 Å². The van der Waals surface area contributed by atoms with Crippen molar-refractivity contribution in [3.8, 4) is 0 Å². The standard InChI is InChI=1S/C16H13.C9H13.2CH3.2ClH.H2Si.Zr/c1-12-6-5-9-14-10-11-15(16(12)14)13-7-3-2-4-8-13;1-6-5-7(2)9(4)8(6)3;;;;;;/h2-11H,1H3;6H,1-4H3;2*1H3;2*1H;1H2;. The Hall–Kier alpha value is -0.660. The summed E-state index contributed by atoms with van der Waals surface area (Å²) in [4.78, 5) is 0. The molecule has 0 saturated carbocycles. The summed E-state index contributed by atoms with van der Waals surface area (Å²) < 4.78 is 7.78. The second-order valence-electron chi connectivity index (χ2n) is 10.3. The van der Waals surface area contributed by atoms with Gasteiger partial charge in [0.2, 0.25) is 0 Å². The maximum atomic E-state index is 2.70. The van der Waals surface area contributed by atoms with Gasteiger partial charge in [-0.15, -0.1) is 24.8 Å². The van der Waals surface area contributed by atoms with Crippen LogP contribution in [0.3, 0.4) is 0 Å². The second-order valence-corrected chi connectivity index (χ2v) is 39.9. The summed E-state index contributed by atoms with van der Waals surface area (Å²) in [5.41, 5.74) is 12.0. The molecule has 0 nitrogen and oxygen atoms in total. The Labute approximate surface area is 203 Å². The molecule has 4 heteroatoms. The zero-order chi connectivity index (χ0) is 21.2. The van der Waals surface area contributed by atoms with Crippen molar-refractivity contribution in [3.63, 3.8) is 0 Å². The maximum Gasteiger partial charge on any atom is -0.147 e. The van der Waals surface area contributed by atoms with E-state index in [-0.39, 0.29) is 24.8 Å². The van der Waals surface area contributed by atoms with Crippen LogP contribution in [0.5, 0.6) is 0 Å². The van der Waals surface area contributed by atoms with Gasteiger partial charge in [-0.05, 0) is 0 Å². The number of hydrogen-bond acceptors (Lipinski definition) is 0. The molecular weight excluding hydrogens is 515 g/mol. The van der Waals surface area contributed by atoms with Crippen molar-refractivity contribution in [1.29, 1.82) is 0 Å². The van der Waals surface area contributed by atoms with Crippen LogP contribution in [0.25, 0.3) is 5.57 Å². The molecule has 2 aliphatic carbocycles. The minimum absolute atomic E-state index is 0. The van der Waals surface area contributed by atoms with Crippen LogP contribution in [0, 0.1) is 12.8 Å². The molecular formula is C27H36Cl2SiZr. The third kappa shape index (κ3) is 4.08. The Morgan fingerprint density at radius 3 is 1.97 bits per heavy atom. The molecule has 2 aliphatic rings. The van der Waals surface area contributed by atoms with E-state index >= 15 is 0 Å². The first-order chi connectivity index (χ1) is 13.5. The summed E-state index contributed by atoms with van der Waals surface area (Å²) in [7, 11) is 0. The number of rotatable bonds is 3. The van der Waals surface area contributed by atoms with Gasteiger partial charge in [0.15, 0.2) is 0 Å². The molecule has 0 amide bonds. The molecule has 0 N–H and O–H groups in total. The van der Waals surface area contributed by atoms with E-state index in [0.717, 1.165) is 0 Å². The van der Waals surface area contributed by atoms with Crippen molar-refractivity contribution in [2.75, 3.05) is 0 Å². The van der Waals surface area contributed by atoms with Crippen LogP contribution in [-0.2, 0) is 17.4 Å². The van der Waals surface area contributed by atoms with E-state index in [1.807, 2.05) is 3.28 Å². The van der Waals surface area contributed by atoms with E-state index in [0.29, 0.717) is 9.54 Å². The molecule has 2 aromatic rings. The Morgan fingerprint density at radius 2 is 1.42 bits per heavy atom. The van der Waals surface area contributed by atoms with Crippen LogP contribution < -0.4 is 0 Å². The third-order valence-corrected chi connectivity index (χ3v) is 25.1. The van der Waals surface area contributed by atoms with Crippen molar-refractivity contribution in [3.05, 3.63) is 96.9 Å². The molecule has 2 atom stereocenters. The smallest absolute Gasteiger partial charge is 0.147 e. The fourth-order valence-electron chi connectivity index (χ4n) is 6.14. The Bertz CT molecular complexity index is 1180. The van der Waals surface area contributed by atoms with Gasteiger partial charge in [0.1, 0.15) is 0 Å². The molecule has 0 aromatic heterocycles. The number of hydrogen-bond donors (Lipinski definition) is 0. The van der Waals surface area contributed by atoms with Crippen LogP contribution in [0.15, 0.2) is 74.6 Å².